The lowest BCUT2D eigenvalue weighted by Gasteiger charge is -2.42. The summed E-state index contributed by atoms with van der Waals surface area (Å²) in [5.41, 5.74) is 17.2. The van der Waals surface area contributed by atoms with Crippen LogP contribution in [0.1, 0.15) is 57.3 Å². The van der Waals surface area contributed by atoms with Gasteiger partial charge in [-0.3, -0.25) is 4.79 Å². The van der Waals surface area contributed by atoms with Crippen molar-refractivity contribution in [3.05, 3.63) is 88.4 Å². The number of anilines is 1. The normalized spacial score (nSPS) is 18.1. The number of benzene rings is 2. The minimum Gasteiger partial charge on any atom is -0.390 e. The van der Waals surface area contributed by atoms with Gasteiger partial charge in [0, 0.05) is 31.1 Å². The van der Waals surface area contributed by atoms with Gasteiger partial charge in [-0.2, -0.15) is 0 Å². The van der Waals surface area contributed by atoms with Crippen LogP contribution in [0.2, 0.25) is 0 Å². The van der Waals surface area contributed by atoms with E-state index in [9.17, 15) is 9.90 Å². The van der Waals surface area contributed by atoms with Crippen LogP contribution in [0.5, 0.6) is 0 Å². The standard InChI is InChI=1S/C28H29N5O2/c29-25-23-7-2-1-5-21(23)16-28(25)12-14-33(15-13-28)27-24(18-34)32-22(17-31-27)6-3-4-19-8-10-20(11-9-19)26(30)35/h1-2,5,7-11,17,25,34H,4,12-16,18,29H2,(H2,30,35)/t25-/m1/s1. The fourth-order valence-electron chi connectivity index (χ4n) is 5.34. The number of hydrogen-bond donors (Lipinski definition) is 3. The Morgan fingerprint density at radius 2 is 1.89 bits per heavy atom. The van der Waals surface area contributed by atoms with Gasteiger partial charge in [-0.25, -0.2) is 9.97 Å². The number of aliphatic hydroxyl groups is 1. The number of rotatable bonds is 4. The number of nitrogens with zero attached hydrogens (tertiary/aromatic N) is 3. The molecule has 0 unspecified atom stereocenters. The van der Waals surface area contributed by atoms with E-state index in [0.29, 0.717) is 23.4 Å². The summed E-state index contributed by atoms with van der Waals surface area (Å²) in [5.74, 6) is 6.39. The smallest absolute Gasteiger partial charge is 0.248 e. The van der Waals surface area contributed by atoms with E-state index >= 15 is 0 Å². The maximum Gasteiger partial charge on any atom is 0.248 e. The molecular weight excluding hydrogens is 438 g/mol. The molecule has 0 radical (unpaired) electrons. The van der Waals surface area contributed by atoms with Gasteiger partial charge in [-0.05, 0) is 59.4 Å². The van der Waals surface area contributed by atoms with Gasteiger partial charge in [0.1, 0.15) is 11.4 Å². The first-order valence-corrected chi connectivity index (χ1v) is 11.9. The zero-order valence-corrected chi connectivity index (χ0v) is 19.6. The van der Waals surface area contributed by atoms with Gasteiger partial charge in [0.15, 0.2) is 5.82 Å². The third-order valence-electron chi connectivity index (χ3n) is 7.37. The van der Waals surface area contributed by atoms with Gasteiger partial charge < -0.3 is 21.5 Å². The van der Waals surface area contributed by atoms with Crippen LogP contribution >= 0.6 is 0 Å². The van der Waals surface area contributed by atoms with Gasteiger partial charge in [0.2, 0.25) is 5.91 Å². The van der Waals surface area contributed by atoms with E-state index in [1.165, 1.54) is 11.1 Å². The van der Waals surface area contributed by atoms with Crippen LogP contribution in [0.3, 0.4) is 0 Å². The molecule has 1 atom stereocenters. The molecule has 2 aliphatic rings. The highest BCUT2D eigenvalue weighted by atomic mass is 16.3. The number of hydrogen-bond acceptors (Lipinski definition) is 6. The zero-order chi connectivity index (χ0) is 24.4. The van der Waals surface area contributed by atoms with Crippen LogP contribution < -0.4 is 16.4 Å². The molecule has 178 valence electrons. The van der Waals surface area contributed by atoms with Gasteiger partial charge in [-0.1, -0.05) is 42.3 Å². The van der Waals surface area contributed by atoms with Crippen molar-refractivity contribution >= 4 is 11.7 Å². The lowest BCUT2D eigenvalue weighted by atomic mass is 9.73. The summed E-state index contributed by atoms with van der Waals surface area (Å²) in [6.45, 7) is 1.46. The third-order valence-corrected chi connectivity index (χ3v) is 7.37. The molecule has 2 heterocycles. The molecule has 2 aromatic carbocycles. The maximum atomic E-state index is 11.2. The lowest BCUT2D eigenvalue weighted by molar-refractivity contribution is 0.100. The number of nitrogens with two attached hydrogens (primary N) is 2. The molecule has 7 heteroatoms. The topological polar surface area (TPSA) is 118 Å². The number of carbonyl (C=O) groups excluding carboxylic acids is 1. The molecule has 1 amide bonds. The van der Waals surface area contributed by atoms with E-state index in [4.69, 9.17) is 11.5 Å². The van der Waals surface area contributed by atoms with Crippen molar-refractivity contribution in [1.29, 1.82) is 0 Å². The molecule has 1 aliphatic carbocycles. The average Bonchev–Trinajstić information content (AvgIpc) is 3.16. The fraction of sp³-hybridized carbons (Fsp3) is 0.321. The van der Waals surface area contributed by atoms with Crippen molar-refractivity contribution in [2.45, 2.75) is 38.3 Å². The van der Waals surface area contributed by atoms with E-state index in [0.717, 1.165) is 43.7 Å². The molecular formula is C28H29N5O2. The Balaban J connectivity index is 1.25. The van der Waals surface area contributed by atoms with Crippen LogP contribution in [0, 0.1) is 17.3 Å². The minimum absolute atomic E-state index is 0.0638. The molecule has 0 bridgehead atoms. The highest BCUT2D eigenvalue weighted by molar-refractivity contribution is 5.92. The number of amides is 1. The Labute approximate surface area is 205 Å². The molecule has 35 heavy (non-hydrogen) atoms. The van der Waals surface area contributed by atoms with Crippen LogP contribution in [0.25, 0.3) is 0 Å². The Morgan fingerprint density at radius 3 is 2.57 bits per heavy atom. The molecule has 1 aliphatic heterocycles. The Hall–Kier alpha value is -3.73. The summed E-state index contributed by atoms with van der Waals surface area (Å²) in [6.07, 6.45) is 5.15. The molecule has 5 rings (SSSR count). The second kappa shape index (κ2) is 9.49. The summed E-state index contributed by atoms with van der Waals surface area (Å²) in [7, 11) is 0. The van der Waals surface area contributed by atoms with Crippen molar-refractivity contribution in [3.63, 3.8) is 0 Å². The highest BCUT2D eigenvalue weighted by Gasteiger charge is 2.46. The van der Waals surface area contributed by atoms with Crippen molar-refractivity contribution in [1.82, 2.24) is 9.97 Å². The molecule has 1 saturated heterocycles. The molecule has 1 spiro atoms. The maximum absolute atomic E-state index is 11.2. The van der Waals surface area contributed by atoms with Crippen LogP contribution in [-0.4, -0.2) is 34.1 Å². The zero-order valence-electron chi connectivity index (χ0n) is 19.6. The van der Waals surface area contributed by atoms with Crippen molar-refractivity contribution in [3.8, 4) is 11.8 Å². The lowest BCUT2D eigenvalue weighted by Crippen LogP contribution is -2.45. The Bertz CT molecular complexity index is 1300. The molecule has 5 N–H and O–H groups in total. The Morgan fingerprint density at radius 1 is 1.14 bits per heavy atom. The predicted octanol–water partition coefficient (Wildman–Crippen LogP) is 2.50. The highest BCUT2D eigenvalue weighted by Crippen LogP contribution is 2.50. The number of aliphatic hydroxyl groups excluding tert-OH is 1. The molecule has 1 aromatic heterocycles. The second-order valence-electron chi connectivity index (χ2n) is 9.43. The number of aromatic nitrogens is 2. The van der Waals surface area contributed by atoms with E-state index in [1.807, 2.05) is 12.1 Å². The van der Waals surface area contributed by atoms with Crippen molar-refractivity contribution < 1.29 is 9.90 Å². The summed E-state index contributed by atoms with van der Waals surface area (Å²) in [4.78, 5) is 22.6. The molecule has 7 nitrogen and oxygen atoms in total. The van der Waals surface area contributed by atoms with Gasteiger partial charge >= 0.3 is 0 Å². The average molecular weight is 468 g/mol. The van der Waals surface area contributed by atoms with E-state index < -0.39 is 5.91 Å². The number of piperidine rings is 1. The summed E-state index contributed by atoms with van der Waals surface area (Å²) in [5, 5.41) is 9.98. The number of primary amides is 1. The quantitative estimate of drug-likeness (QED) is 0.508. The predicted molar refractivity (Wildman–Crippen MR) is 134 cm³/mol. The van der Waals surface area contributed by atoms with Crippen LogP contribution in [-0.2, 0) is 19.4 Å². The van der Waals surface area contributed by atoms with E-state index in [-0.39, 0.29) is 18.1 Å². The summed E-state index contributed by atoms with van der Waals surface area (Å²) in [6, 6.07) is 15.6. The van der Waals surface area contributed by atoms with Crippen LogP contribution in [0.15, 0.2) is 54.7 Å². The Kier molecular flexibility index (Phi) is 6.25. The number of carbonyl (C=O) groups is 1. The first-order valence-electron chi connectivity index (χ1n) is 11.9. The van der Waals surface area contributed by atoms with Gasteiger partial charge in [0.25, 0.3) is 0 Å². The molecule has 1 fully saturated rings. The van der Waals surface area contributed by atoms with Gasteiger partial charge in [0.05, 0.1) is 12.8 Å². The third kappa shape index (κ3) is 4.51. The van der Waals surface area contributed by atoms with Crippen LogP contribution in [0.4, 0.5) is 5.82 Å². The van der Waals surface area contributed by atoms with E-state index in [1.54, 1.807) is 18.3 Å². The fourth-order valence-corrected chi connectivity index (χ4v) is 5.34. The largest absolute Gasteiger partial charge is 0.390 e. The summed E-state index contributed by atoms with van der Waals surface area (Å²) >= 11 is 0. The van der Waals surface area contributed by atoms with E-state index in [2.05, 4.69) is 51.0 Å². The van der Waals surface area contributed by atoms with Crippen molar-refractivity contribution in [2.24, 2.45) is 16.9 Å². The summed E-state index contributed by atoms with van der Waals surface area (Å²) < 4.78 is 0. The van der Waals surface area contributed by atoms with Gasteiger partial charge in [-0.15, -0.1) is 0 Å². The minimum atomic E-state index is -0.449. The second-order valence-corrected chi connectivity index (χ2v) is 9.43. The first kappa shape index (κ1) is 23.0. The SMILES string of the molecule is NC(=O)c1ccc(CC#Cc2cnc(N3CCC4(CC3)Cc3ccccc3[C@H]4N)c(CO)n2)cc1. The molecule has 0 saturated carbocycles. The molecule has 3 aromatic rings. The first-order chi connectivity index (χ1) is 17.0. The van der Waals surface area contributed by atoms with Crippen molar-refractivity contribution in [2.75, 3.05) is 18.0 Å². The number of fused-ring (bicyclic) bond motifs is 1. The monoisotopic (exact) mass is 467 g/mol.